The average molecular weight is 280 g/mol. The summed E-state index contributed by atoms with van der Waals surface area (Å²) in [7, 11) is 0. The van der Waals surface area contributed by atoms with E-state index in [2.05, 4.69) is 45.1 Å². The second kappa shape index (κ2) is 4.15. The van der Waals surface area contributed by atoms with Crippen LogP contribution in [0.5, 0.6) is 0 Å². The molecular weight excluding hydrogens is 262 g/mol. The van der Waals surface area contributed by atoms with Gasteiger partial charge in [-0.05, 0) is 50.4 Å². The molecule has 2 aliphatic rings. The van der Waals surface area contributed by atoms with E-state index in [9.17, 15) is 0 Å². The van der Waals surface area contributed by atoms with E-state index in [1.54, 1.807) is 0 Å². The molecule has 16 heavy (non-hydrogen) atoms. The van der Waals surface area contributed by atoms with E-state index in [1.807, 2.05) is 0 Å². The molecule has 0 spiro atoms. The highest BCUT2D eigenvalue weighted by Gasteiger charge is 2.46. The van der Waals surface area contributed by atoms with Crippen molar-refractivity contribution in [3.63, 3.8) is 0 Å². The molecule has 1 heterocycles. The highest BCUT2D eigenvalue weighted by atomic mass is 79.9. The van der Waals surface area contributed by atoms with Crippen molar-refractivity contribution in [3.05, 3.63) is 34.3 Å². The number of hydrogen-bond donors (Lipinski definition) is 0. The van der Waals surface area contributed by atoms with Crippen molar-refractivity contribution in [3.8, 4) is 0 Å². The molecule has 0 atom stereocenters. The van der Waals surface area contributed by atoms with Crippen molar-refractivity contribution in [1.29, 1.82) is 0 Å². The molecule has 1 aromatic rings. The fourth-order valence-corrected chi connectivity index (χ4v) is 3.63. The van der Waals surface area contributed by atoms with Crippen LogP contribution in [-0.2, 0) is 5.41 Å². The van der Waals surface area contributed by atoms with Gasteiger partial charge in [-0.15, -0.1) is 0 Å². The van der Waals surface area contributed by atoms with E-state index in [-0.39, 0.29) is 0 Å². The van der Waals surface area contributed by atoms with E-state index >= 15 is 0 Å². The standard InChI is InChI=1S/C14H18BrN/c15-13-6-2-1-5-12(13)14(7-8-14)11-16-9-3-4-10-16/h1-2,5-6H,3-4,7-11H2. The normalized spacial score (nSPS) is 23.6. The van der Waals surface area contributed by atoms with Crippen molar-refractivity contribution in [2.45, 2.75) is 31.1 Å². The highest BCUT2D eigenvalue weighted by Crippen LogP contribution is 2.51. The van der Waals surface area contributed by atoms with Gasteiger partial charge in [-0.2, -0.15) is 0 Å². The third kappa shape index (κ3) is 1.93. The summed E-state index contributed by atoms with van der Waals surface area (Å²) in [4.78, 5) is 2.65. The summed E-state index contributed by atoms with van der Waals surface area (Å²) in [6.45, 7) is 3.90. The minimum Gasteiger partial charge on any atom is -0.302 e. The maximum absolute atomic E-state index is 3.70. The average Bonchev–Trinajstić information content (AvgIpc) is 2.87. The molecule has 3 rings (SSSR count). The van der Waals surface area contributed by atoms with Crippen molar-refractivity contribution < 1.29 is 0 Å². The van der Waals surface area contributed by atoms with Gasteiger partial charge in [0, 0.05) is 16.4 Å². The number of benzene rings is 1. The van der Waals surface area contributed by atoms with E-state index in [0.29, 0.717) is 5.41 Å². The molecule has 0 unspecified atom stereocenters. The van der Waals surface area contributed by atoms with Gasteiger partial charge in [-0.1, -0.05) is 34.1 Å². The fourth-order valence-electron chi connectivity index (χ4n) is 2.92. The topological polar surface area (TPSA) is 3.24 Å². The molecule has 0 N–H and O–H groups in total. The van der Waals surface area contributed by atoms with Crippen LogP contribution >= 0.6 is 15.9 Å². The van der Waals surface area contributed by atoms with Crippen molar-refractivity contribution in [2.24, 2.45) is 0 Å². The van der Waals surface area contributed by atoms with E-state index < -0.39 is 0 Å². The molecule has 1 aliphatic carbocycles. The van der Waals surface area contributed by atoms with Gasteiger partial charge in [-0.3, -0.25) is 0 Å². The largest absolute Gasteiger partial charge is 0.302 e. The number of likely N-dealkylation sites (tertiary alicyclic amines) is 1. The van der Waals surface area contributed by atoms with Gasteiger partial charge in [0.2, 0.25) is 0 Å². The minimum atomic E-state index is 0.477. The molecule has 2 fully saturated rings. The molecule has 0 amide bonds. The fraction of sp³-hybridized carbons (Fsp3) is 0.571. The first-order chi connectivity index (χ1) is 7.80. The van der Waals surface area contributed by atoms with Gasteiger partial charge in [0.15, 0.2) is 0 Å². The van der Waals surface area contributed by atoms with Crippen LogP contribution < -0.4 is 0 Å². The monoisotopic (exact) mass is 279 g/mol. The summed E-state index contributed by atoms with van der Waals surface area (Å²) >= 11 is 3.70. The molecule has 1 aromatic carbocycles. The molecule has 1 nitrogen and oxygen atoms in total. The Balaban J connectivity index is 1.80. The predicted octanol–water partition coefficient (Wildman–Crippen LogP) is 3.58. The van der Waals surface area contributed by atoms with Gasteiger partial charge < -0.3 is 4.90 Å². The molecule has 0 bridgehead atoms. The molecular formula is C14H18BrN. The van der Waals surface area contributed by atoms with Crippen LogP contribution in [0.4, 0.5) is 0 Å². The van der Waals surface area contributed by atoms with Crippen LogP contribution in [0.1, 0.15) is 31.2 Å². The lowest BCUT2D eigenvalue weighted by atomic mass is 9.95. The molecule has 0 aromatic heterocycles. The molecule has 1 aliphatic heterocycles. The summed E-state index contributed by atoms with van der Waals surface area (Å²) < 4.78 is 1.30. The quantitative estimate of drug-likeness (QED) is 0.818. The Kier molecular flexibility index (Phi) is 2.80. The lowest BCUT2D eigenvalue weighted by Gasteiger charge is -2.24. The predicted molar refractivity (Wildman–Crippen MR) is 70.7 cm³/mol. The first-order valence-corrected chi connectivity index (χ1v) is 7.07. The first kappa shape index (κ1) is 10.8. The maximum atomic E-state index is 3.70. The van der Waals surface area contributed by atoms with Crippen LogP contribution in [0.3, 0.4) is 0 Å². The molecule has 1 saturated heterocycles. The van der Waals surface area contributed by atoms with Gasteiger partial charge in [0.1, 0.15) is 0 Å². The summed E-state index contributed by atoms with van der Waals surface area (Å²) in [5, 5.41) is 0. The Morgan fingerprint density at radius 3 is 2.44 bits per heavy atom. The molecule has 86 valence electrons. The Morgan fingerprint density at radius 1 is 1.12 bits per heavy atom. The Labute approximate surface area is 106 Å². The summed E-state index contributed by atoms with van der Waals surface area (Å²) in [6.07, 6.45) is 5.52. The molecule has 1 saturated carbocycles. The Morgan fingerprint density at radius 2 is 1.81 bits per heavy atom. The van der Waals surface area contributed by atoms with E-state index in [1.165, 1.54) is 55.4 Å². The van der Waals surface area contributed by atoms with Gasteiger partial charge in [0.05, 0.1) is 0 Å². The zero-order valence-electron chi connectivity index (χ0n) is 9.58. The zero-order valence-corrected chi connectivity index (χ0v) is 11.2. The summed E-state index contributed by atoms with van der Waals surface area (Å²) in [5.41, 5.74) is 2.01. The van der Waals surface area contributed by atoms with E-state index in [0.717, 1.165) is 0 Å². The Hall–Kier alpha value is -0.340. The number of halogens is 1. The number of hydrogen-bond acceptors (Lipinski definition) is 1. The lowest BCUT2D eigenvalue weighted by molar-refractivity contribution is 0.304. The van der Waals surface area contributed by atoms with Crippen LogP contribution in [0.2, 0.25) is 0 Å². The van der Waals surface area contributed by atoms with Crippen molar-refractivity contribution in [2.75, 3.05) is 19.6 Å². The second-order valence-electron chi connectivity index (χ2n) is 5.24. The summed E-state index contributed by atoms with van der Waals surface area (Å²) in [5.74, 6) is 0. The van der Waals surface area contributed by atoms with Crippen molar-refractivity contribution in [1.82, 2.24) is 4.90 Å². The van der Waals surface area contributed by atoms with E-state index in [4.69, 9.17) is 0 Å². The third-order valence-corrected chi connectivity index (χ3v) is 4.72. The molecule has 0 radical (unpaired) electrons. The van der Waals surface area contributed by atoms with Gasteiger partial charge in [0.25, 0.3) is 0 Å². The highest BCUT2D eigenvalue weighted by molar-refractivity contribution is 9.10. The number of rotatable bonds is 3. The second-order valence-corrected chi connectivity index (χ2v) is 6.10. The third-order valence-electron chi connectivity index (χ3n) is 4.02. The zero-order chi connectivity index (χ0) is 11.0. The van der Waals surface area contributed by atoms with Crippen LogP contribution in [0.15, 0.2) is 28.7 Å². The number of nitrogens with zero attached hydrogens (tertiary/aromatic N) is 1. The van der Waals surface area contributed by atoms with Gasteiger partial charge in [-0.25, -0.2) is 0 Å². The van der Waals surface area contributed by atoms with Crippen LogP contribution in [0.25, 0.3) is 0 Å². The minimum absolute atomic E-state index is 0.477. The van der Waals surface area contributed by atoms with Crippen LogP contribution in [-0.4, -0.2) is 24.5 Å². The maximum Gasteiger partial charge on any atom is 0.0213 e. The molecule has 2 heteroatoms. The Bertz CT molecular complexity index is 378. The smallest absolute Gasteiger partial charge is 0.0213 e. The van der Waals surface area contributed by atoms with Crippen LogP contribution in [0, 0.1) is 0 Å². The van der Waals surface area contributed by atoms with Gasteiger partial charge >= 0.3 is 0 Å². The summed E-state index contributed by atoms with van der Waals surface area (Å²) in [6, 6.07) is 8.76. The first-order valence-electron chi connectivity index (χ1n) is 6.28. The lowest BCUT2D eigenvalue weighted by Crippen LogP contribution is -2.30. The SMILES string of the molecule is Brc1ccccc1C1(CN2CCCC2)CC1. The van der Waals surface area contributed by atoms with Crippen molar-refractivity contribution >= 4 is 15.9 Å².